The van der Waals surface area contributed by atoms with Crippen molar-refractivity contribution in [3.05, 3.63) is 71.1 Å². The summed E-state index contributed by atoms with van der Waals surface area (Å²) in [6.07, 6.45) is 0. The van der Waals surface area contributed by atoms with Crippen LogP contribution >= 0.6 is 11.3 Å². The highest BCUT2D eigenvalue weighted by Crippen LogP contribution is 2.36. The fourth-order valence-electron chi connectivity index (χ4n) is 3.20. The molecule has 0 atom stereocenters. The minimum Gasteiger partial charge on any atom is -0.483 e. The fraction of sp³-hybridized carbons (Fsp3) is 0.280. The molecular weight excluding hydrogens is 410 g/mol. The molecule has 1 amide bonds. The third-order valence-corrected chi connectivity index (χ3v) is 5.56. The fourth-order valence-corrected chi connectivity index (χ4v) is 4.18. The molecule has 31 heavy (non-hydrogen) atoms. The maximum Gasteiger partial charge on any atom is 0.341 e. The lowest BCUT2D eigenvalue weighted by Gasteiger charge is -2.22. The molecule has 0 unspecified atom stereocenters. The SMILES string of the molecule is CCOC(=O)c1c(-c2ccccc2)csc1NC(=O)COc1ccccc1C(C)(C)C. The summed E-state index contributed by atoms with van der Waals surface area (Å²) >= 11 is 1.29. The molecule has 0 fully saturated rings. The van der Waals surface area contributed by atoms with Crippen molar-refractivity contribution in [1.29, 1.82) is 0 Å². The van der Waals surface area contributed by atoms with Gasteiger partial charge in [-0.05, 0) is 29.5 Å². The average Bonchev–Trinajstić information content (AvgIpc) is 3.16. The molecule has 0 bridgehead atoms. The zero-order chi connectivity index (χ0) is 22.4. The first-order valence-electron chi connectivity index (χ1n) is 10.2. The Morgan fingerprint density at radius 3 is 2.35 bits per heavy atom. The molecule has 1 N–H and O–H groups in total. The molecule has 1 aromatic heterocycles. The standard InChI is InChI=1S/C25H27NO4S/c1-5-29-24(28)22-18(17-11-7-6-8-12-17)16-31-23(22)26-21(27)15-30-20-14-10-9-13-19(20)25(2,3)4/h6-14,16H,5,15H2,1-4H3,(H,26,27). The van der Waals surface area contributed by atoms with E-state index in [9.17, 15) is 9.59 Å². The number of nitrogens with one attached hydrogen (secondary N) is 1. The van der Waals surface area contributed by atoms with E-state index in [1.54, 1.807) is 6.92 Å². The molecule has 0 aliphatic heterocycles. The Balaban J connectivity index is 1.79. The van der Waals surface area contributed by atoms with Crippen molar-refractivity contribution in [2.24, 2.45) is 0 Å². The van der Waals surface area contributed by atoms with Crippen molar-refractivity contribution < 1.29 is 19.1 Å². The third kappa shape index (κ3) is 5.52. The number of anilines is 1. The molecule has 5 nitrogen and oxygen atoms in total. The van der Waals surface area contributed by atoms with Crippen LogP contribution in [-0.4, -0.2) is 25.1 Å². The number of ether oxygens (including phenoxy) is 2. The van der Waals surface area contributed by atoms with Gasteiger partial charge in [-0.2, -0.15) is 0 Å². The maximum atomic E-state index is 12.6. The van der Waals surface area contributed by atoms with Gasteiger partial charge in [0.1, 0.15) is 16.3 Å². The molecule has 6 heteroatoms. The summed E-state index contributed by atoms with van der Waals surface area (Å²) in [7, 11) is 0. The highest BCUT2D eigenvalue weighted by atomic mass is 32.1. The predicted octanol–water partition coefficient (Wildman–Crippen LogP) is 5.91. The van der Waals surface area contributed by atoms with Crippen molar-refractivity contribution in [2.75, 3.05) is 18.5 Å². The molecule has 162 valence electrons. The number of amides is 1. The van der Waals surface area contributed by atoms with Gasteiger partial charge in [0.15, 0.2) is 6.61 Å². The van der Waals surface area contributed by atoms with Crippen LogP contribution in [0.25, 0.3) is 11.1 Å². The average molecular weight is 438 g/mol. The lowest BCUT2D eigenvalue weighted by Crippen LogP contribution is -2.22. The summed E-state index contributed by atoms with van der Waals surface area (Å²) in [5.41, 5.74) is 2.90. The summed E-state index contributed by atoms with van der Waals surface area (Å²) in [5, 5.41) is 5.13. The minimum absolute atomic E-state index is 0.109. The third-order valence-electron chi connectivity index (χ3n) is 4.66. The van der Waals surface area contributed by atoms with E-state index >= 15 is 0 Å². The number of carbonyl (C=O) groups excluding carboxylic acids is 2. The van der Waals surface area contributed by atoms with E-state index in [-0.39, 0.29) is 24.5 Å². The second-order valence-electron chi connectivity index (χ2n) is 8.02. The van der Waals surface area contributed by atoms with Crippen molar-refractivity contribution in [3.63, 3.8) is 0 Å². The van der Waals surface area contributed by atoms with E-state index in [0.717, 1.165) is 16.7 Å². The Bertz CT molecular complexity index is 1050. The van der Waals surface area contributed by atoms with Crippen molar-refractivity contribution >= 4 is 28.2 Å². The van der Waals surface area contributed by atoms with Crippen LogP contribution in [0.5, 0.6) is 5.75 Å². The molecule has 0 saturated heterocycles. The molecule has 2 aromatic carbocycles. The molecule has 1 heterocycles. The van der Waals surface area contributed by atoms with E-state index in [1.807, 2.05) is 60.0 Å². The van der Waals surface area contributed by atoms with E-state index in [4.69, 9.17) is 9.47 Å². The van der Waals surface area contributed by atoms with Crippen molar-refractivity contribution in [1.82, 2.24) is 0 Å². The smallest absolute Gasteiger partial charge is 0.341 e. The Kier molecular flexibility index (Phi) is 7.13. The zero-order valence-electron chi connectivity index (χ0n) is 18.2. The summed E-state index contributed by atoms with van der Waals surface area (Å²) in [5.74, 6) is -0.125. The summed E-state index contributed by atoms with van der Waals surface area (Å²) in [6, 6.07) is 17.2. The molecule has 0 spiro atoms. The Morgan fingerprint density at radius 2 is 1.68 bits per heavy atom. The Hall–Kier alpha value is -3.12. The van der Waals surface area contributed by atoms with Crippen LogP contribution in [0.4, 0.5) is 5.00 Å². The van der Waals surface area contributed by atoms with Gasteiger partial charge >= 0.3 is 5.97 Å². The number of para-hydroxylation sites is 1. The van der Waals surface area contributed by atoms with Crippen LogP contribution < -0.4 is 10.1 Å². The second-order valence-corrected chi connectivity index (χ2v) is 8.90. The Morgan fingerprint density at radius 1 is 1.00 bits per heavy atom. The highest BCUT2D eigenvalue weighted by molar-refractivity contribution is 7.15. The van der Waals surface area contributed by atoms with E-state index in [2.05, 4.69) is 26.1 Å². The molecule has 3 aromatic rings. The number of rotatable bonds is 7. The number of hydrogen-bond acceptors (Lipinski definition) is 5. The van der Waals surface area contributed by atoms with E-state index in [0.29, 0.717) is 16.3 Å². The van der Waals surface area contributed by atoms with Gasteiger partial charge in [0, 0.05) is 10.9 Å². The Labute approximate surface area is 187 Å². The number of benzene rings is 2. The van der Waals surface area contributed by atoms with Crippen molar-refractivity contribution in [3.8, 4) is 16.9 Å². The summed E-state index contributed by atoms with van der Waals surface area (Å²) in [4.78, 5) is 25.3. The van der Waals surface area contributed by atoms with Gasteiger partial charge in [0.25, 0.3) is 5.91 Å². The van der Waals surface area contributed by atoms with E-state index in [1.165, 1.54) is 11.3 Å². The van der Waals surface area contributed by atoms with E-state index < -0.39 is 5.97 Å². The predicted molar refractivity (Wildman–Crippen MR) is 125 cm³/mol. The van der Waals surface area contributed by atoms with Gasteiger partial charge in [0.05, 0.1) is 6.61 Å². The lowest BCUT2D eigenvalue weighted by molar-refractivity contribution is -0.118. The second kappa shape index (κ2) is 9.79. The van der Waals surface area contributed by atoms with Crippen LogP contribution in [-0.2, 0) is 14.9 Å². The van der Waals surface area contributed by atoms with Crippen LogP contribution in [0.1, 0.15) is 43.6 Å². The van der Waals surface area contributed by atoms with Gasteiger partial charge in [-0.25, -0.2) is 4.79 Å². The molecule has 0 aliphatic carbocycles. The minimum atomic E-state index is -0.461. The zero-order valence-corrected chi connectivity index (χ0v) is 19.0. The summed E-state index contributed by atoms with van der Waals surface area (Å²) < 4.78 is 11.1. The topological polar surface area (TPSA) is 64.6 Å². The van der Waals surface area contributed by atoms with Crippen LogP contribution in [0.15, 0.2) is 60.0 Å². The molecular formula is C25H27NO4S. The molecule has 0 radical (unpaired) electrons. The largest absolute Gasteiger partial charge is 0.483 e. The van der Waals surface area contributed by atoms with Crippen molar-refractivity contribution in [2.45, 2.75) is 33.1 Å². The number of hydrogen-bond donors (Lipinski definition) is 1. The van der Waals surface area contributed by atoms with Gasteiger partial charge in [-0.3, -0.25) is 4.79 Å². The van der Waals surface area contributed by atoms with Gasteiger partial charge in [-0.15, -0.1) is 11.3 Å². The molecule has 0 aliphatic rings. The van der Waals surface area contributed by atoms with Crippen LogP contribution in [0.3, 0.4) is 0 Å². The first-order chi connectivity index (χ1) is 14.8. The number of thiophene rings is 1. The van der Waals surface area contributed by atoms with Crippen LogP contribution in [0, 0.1) is 0 Å². The quantitative estimate of drug-likeness (QED) is 0.467. The first kappa shape index (κ1) is 22.6. The maximum absolute atomic E-state index is 12.6. The highest BCUT2D eigenvalue weighted by Gasteiger charge is 2.23. The number of carbonyl (C=O) groups is 2. The normalized spacial score (nSPS) is 11.1. The summed E-state index contributed by atoms with van der Waals surface area (Å²) in [6.45, 7) is 8.13. The monoisotopic (exact) mass is 437 g/mol. The van der Waals surface area contributed by atoms with Crippen LogP contribution in [0.2, 0.25) is 0 Å². The van der Waals surface area contributed by atoms with Gasteiger partial charge in [-0.1, -0.05) is 69.3 Å². The molecule has 0 saturated carbocycles. The first-order valence-corrected chi connectivity index (χ1v) is 11.1. The molecule has 3 rings (SSSR count). The van der Waals surface area contributed by atoms with Gasteiger partial charge < -0.3 is 14.8 Å². The number of esters is 1. The van der Waals surface area contributed by atoms with Gasteiger partial charge in [0.2, 0.25) is 0 Å². The lowest BCUT2D eigenvalue weighted by atomic mass is 9.86.